The summed E-state index contributed by atoms with van der Waals surface area (Å²) in [5.41, 5.74) is 3.66. The first-order valence-electron chi connectivity index (χ1n) is 13.7. The van der Waals surface area contributed by atoms with E-state index >= 15 is 0 Å². The van der Waals surface area contributed by atoms with Crippen LogP contribution in [0.4, 0.5) is 0 Å². The van der Waals surface area contributed by atoms with Crippen molar-refractivity contribution in [2.75, 3.05) is 12.9 Å². The van der Waals surface area contributed by atoms with Crippen molar-refractivity contribution in [1.82, 2.24) is 5.32 Å². The van der Waals surface area contributed by atoms with Crippen LogP contribution >= 0.6 is 11.8 Å². The van der Waals surface area contributed by atoms with Crippen LogP contribution in [-0.2, 0) is 32.2 Å². The van der Waals surface area contributed by atoms with Crippen molar-refractivity contribution in [2.45, 2.75) is 62.7 Å². The highest BCUT2D eigenvalue weighted by Crippen LogP contribution is 2.43. The monoisotopic (exact) mass is 579 g/mol. The molecule has 1 heterocycles. The number of thioether (sulfide) groups is 1. The molecule has 8 nitrogen and oxygen atoms in total. The van der Waals surface area contributed by atoms with Crippen molar-refractivity contribution < 1.29 is 34.0 Å². The third-order valence-corrected chi connectivity index (χ3v) is 8.28. The number of benzene rings is 3. The number of hydrogen-bond acceptors (Lipinski definition) is 7. The molecule has 41 heavy (non-hydrogen) atoms. The fourth-order valence-electron chi connectivity index (χ4n) is 4.70. The molecule has 4 atom stereocenters. The largest absolute Gasteiger partial charge is 0.496 e. The Hall–Kier alpha value is -3.37. The Labute approximate surface area is 245 Å². The number of para-hydroxylation sites is 1. The minimum atomic E-state index is -0.903. The minimum absolute atomic E-state index is 0.0135. The summed E-state index contributed by atoms with van der Waals surface area (Å²) in [6.45, 7) is 2.48. The lowest BCUT2D eigenvalue weighted by Gasteiger charge is -2.41. The zero-order valence-electron chi connectivity index (χ0n) is 23.3. The van der Waals surface area contributed by atoms with Crippen molar-refractivity contribution in [3.63, 3.8) is 0 Å². The van der Waals surface area contributed by atoms with Crippen LogP contribution in [0, 0.1) is 5.92 Å². The van der Waals surface area contributed by atoms with E-state index in [2.05, 4.69) is 12.2 Å². The standard InChI is InChI=1S/C32H37NO7S/c1-21-27(20-41-28-7-4-3-6-26(28)38-2)39-32(40-31(21)24-14-12-23(19-34)13-15-24)25-16-10-22(11-17-25)18-33-29(35)8-5-9-30(36)37/h3-4,6-7,10-17,21,27,31-32,34H,5,8-9,18-20H2,1-2H3,(H,33,35)(H,36,37). The van der Waals surface area contributed by atoms with Crippen molar-refractivity contribution in [3.8, 4) is 5.75 Å². The summed E-state index contributed by atoms with van der Waals surface area (Å²) in [5, 5.41) is 21.1. The van der Waals surface area contributed by atoms with Crippen LogP contribution in [0.2, 0.25) is 0 Å². The molecule has 4 unspecified atom stereocenters. The molecule has 1 aliphatic heterocycles. The van der Waals surface area contributed by atoms with Crippen LogP contribution < -0.4 is 10.1 Å². The van der Waals surface area contributed by atoms with E-state index < -0.39 is 12.3 Å². The zero-order valence-corrected chi connectivity index (χ0v) is 24.1. The number of carbonyl (C=O) groups excluding carboxylic acids is 1. The maximum atomic E-state index is 12.0. The summed E-state index contributed by atoms with van der Waals surface area (Å²) < 4.78 is 18.6. The van der Waals surface area contributed by atoms with Gasteiger partial charge in [0.2, 0.25) is 5.91 Å². The number of amides is 1. The van der Waals surface area contributed by atoms with E-state index in [0.717, 1.165) is 32.9 Å². The molecule has 0 aliphatic carbocycles. The molecule has 1 saturated heterocycles. The molecule has 4 rings (SSSR count). The molecular weight excluding hydrogens is 542 g/mol. The molecule has 0 saturated carbocycles. The highest BCUT2D eigenvalue weighted by Gasteiger charge is 2.38. The van der Waals surface area contributed by atoms with Gasteiger partial charge in [-0.15, -0.1) is 11.8 Å². The van der Waals surface area contributed by atoms with Crippen molar-refractivity contribution >= 4 is 23.6 Å². The fraction of sp³-hybridized carbons (Fsp3) is 0.375. The molecule has 0 spiro atoms. The lowest BCUT2D eigenvalue weighted by Crippen LogP contribution is -2.38. The Balaban J connectivity index is 1.46. The number of aliphatic hydroxyl groups is 1. The van der Waals surface area contributed by atoms with Gasteiger partial charge in [-0.25, -0.2) is 0 Å². The van der Waals surface area contributed by atoms with Crippen LogP contribution in [0.1, 0.15) is 60.8 Å². The Bertz CT molecular complexity index is 1280. The van der Waals surface area contributed by atoms with Crippen LogP contribution in [0.5, 0.6) is 5.75 Å². The molecule has 218 valence electrons. The fourth-order valence-corrected chi connectivity index (χ4v) is 5.90. The molecule has 1 fully saturated rings. The van der Waals surface area contributed by atoms with Gasteiger partial charge < -0.3 is 29.7 Å². The van der Waals surface area contributed by atoms with Gasteiger partial charge in [-0.05, 0) is 35.2 Å². The van der Waals surface area contributed by atoms with Gasteiger partial charge in [-0.2, -0.15) is 0 Å². The zero-order chi connectivity index (χ0) is 29.2. The second-order valence-corrected chi connectivity index (χ2v) is 11.1. The van der Waals surface area contributed by atoms with E-state index in [1.807, 2.05) is 72.8 Å². The maximum Gasteiger partial charge on any atom is 0.303 e. The SMILES string of the molecule is COc1ccccc1SCC1OC(c2ccc(CNC(=O)CCCC(=O)O)cc2)OC(c2ccc(CO)cc2)C1C. The number of aliphatic hydroxyl groups excluding tert-OH is 1. The number of ether oxygens (including phenoxy) is 3. The second kappa shape index (κ2) is 15.0. The molecule has 0 bridgehead atoms. The van der Waals surface area contributed by atoms with Gasteiger partial charge in [0.1, 0.15) is 5.75 Å². The van der Waals surface area contributed by atoms with Crippen molar-refractivity contribution in [1.29, 1.82) is 0 Å². The van der Waals surface area contributed by atoms with Gasteiger partial charge in [0.25, 0.3) is 0 Å². The van der Waals surface area contributed by atoms with Crippen molar-refractivity contribution in [2.24, 2.45) is 5.92 Å². The van der Waals surface area contributed by atoms with E-state index in [9.17, 15) is 14.7 Å². The lowest BCUT2D eigenvalue weighted by atomic mass is 9.91. The molecular formula is C32H37NO7S. The molecule has 3 aromatic carbocycles. The number of nitrogens with one attached hydrogen (secondary N) is 1. The summed E-state index contributed by atoms with van der Waals surface area (Å²) in [6.07, 6.45) is -0.439. The van der Waals surface area contributed by atoms with E-state index in [1.165, 1.54) is 0 Å². The van der Waals surface area contributed by atoms with Gasteiger partial charge in [-0.3, -0.25) is 9.59 Å². The first kappa shape index (κ1) is 30.6. The normalized spacial score (nSPS) is 20.4. The van der Waals surface area contributed by atoms with E-state index in [-0.39, 0.29) is 43.5 Å². The molecule has 3 aromatic rings. The smallest absolute Gasteiger partial charge is 0.303 e. The van der Waals surface area contributed by atoms with Crippen LogP contribution in [0.15, 0.2) is 77.7 Å². The molecule has 9 heteroatoms. The number of rotatable bonds is 13. The van der Waals surface area contributed by atoms with E-state index in [4.69, 9.17) is 19.3 Å². The number of hydrogen-bond donors (Lipinski definition) is 3. The Morgan fingerprint density at radius 2 is 1.61 bits per heavy atom. The molecule has 0 aromatic heterocycles. The molecule has 0 radical (unpaired) electrons. The average Bonchev–Trinajstić information content (AvgIpc) is 3.00. The molecule has 1 aliphatic rings. The number of carboxylic acids is 1. The molecule has 3 N–H and O–H groups in total. The van der Waals surface area contributed by atoms with Gasteiger partial charge in [0.05, 0.1) is 25.9 Å². The summed E-state index contributed by atoms with van der Waals surface area (Å²) in [5.74, 6) is 0.519. The number of carboxylic acid groups (broad SMARTS) is 1. The number of methoxy groups -OCH3 is 1. The van der Waals surface area contributed by atoms with E-state index in [1.54, 1.807) is 18.9 Å². The predicted octanol–water partition coefficient (Wildman–Crippen LogP) is 5.64. The number of carbonyl (C=O) groups is 2. The van der Waals surface area contributed by atoms with Crippen LogP contribution in [0.25, 0.3) is 0 Å². The Morgan fingerprint density at radius 3 is 2.29 bits per heavy atom. The average molecular weight is 580 g/mol. The summed E-state index contributed by atoms with van der Waals surface area (Å²) >= 11 is 1.69. The summed E-state index contributed by atoms with van der Waals surface area (Å²) in [6, 6.07) is 23.5. The molecule has 1 amide bonds. The van der Waals surface area contributed by atoms with Gasteiger partial charge >= 0.3 is 5.97 Å². The third kappa shape index (κ3) is 8.56. The van der Waals surface area contributed by atoms with Gasteiger partial charge in [0, 0.05) is 41.5 Å². The highest BCUT2D eigenvalue weighted by molar-refractivity contribution is 7.99. The first-order chi connectivity index (χ1) is 19.9. The van der Waals surface area contributed by atoms with Crippen molar-refractivity contribution in [3.05, 3.63) is 95.1 Å². The lowest BCUT2D eigenvalue weighted by molar-refractivity contribution is -0.268. The highest BCUT2D eigenvalue weighted by atomic mass is 32.2. The van der Waals surface area contributed by atoms with Crippen LogP contribution in [-0.4, -0.2) is 41.1 Å². The quantitative estimate of drug-likeness (QED) is 0.223. The summed E-state index contributed by atoms with van der Waals surface area (Å²) in [4.78, 5) is 23.7. The second-order valence-electron chi connectivity index (χ2n) is 10.0. The first-order valence-corrected chi connectivity index (χ1v) is 14.7. The summed E-state index contributed by atoms with van der Waals surface area (Å²) in [7, 11) is 1.67. The minimum Gasteiger partial charge on any atom is -0.496 e. The maximum absolute atomic E-state index is 12.0. The van der Waals surface area contributed by atoms with Gasteiger partial charge in [-0.1, -0.05) is 67.6 Å². The van der Waals surface area contributed by atoms with Crippen LogP contribution in [0.3, 0.4) is 0 Å². The van der Waals surface area contributed by atoms with Gasteiger partial charge in [0.15, 0.2) is 6.29 Å². The Morgan fingerprint density at radius 1 is 0.927 bits per heavy atom. The predicted molar refractivity (Wildman–Crippen MR) is 156 cm³/mol. The van der Waals surface area contributed by atoms with E-state index in [0.29, 0.717) is 18.7 Å². The third-order valence-electron chi connectivity index (χ3n) is 7.13. The topological polar surface area (TPSA) is 114 Å². The number of aliphatic carboxylic acids is 1. The Kier molecular flexibility index (Phi) is 11.2.